The second-order valence-electron chi connectivity index (χ2n) is 4.66. The topological polar surface area (TPSA) is 0 Å². The Morgan fingerprint density at radius 1 is 0.824 bits per heavy atom. The van der Waals surface area contributed by atoms with E-state index < -0.39 is 0 Å². The maximum atomic E-state index is 2.27. The van der Waals surface area contributed by atoms with Gasteiger partial charge < -0.3 is 0 Å². The normalized spacial score (nSPS) is 12.4. The molecule has 2 aromatic rings. The minimum Gasteiger partial charge on any atom is -0.0653 e. The minimum absolute atomic E-state index is 0.543. The quantitative estimate of drug-likeness (QED) is 0.691. The molecule has 17 heavy (non-hydrogen) atoms. The van der Waals surface area contributed by atoms with Crippen LogP contribution in [-0.2, 0) is 0 Å². The molecule has 0 bridgehead atoms. The fourth-order valence-electron chi connectivity index (χ4n) is 2.30. The molecule has 0 nitrogen and oxygen atoms in total. The standard InChI is InChI=1S/C17H20/c1-3-7-17(15-8-5-4-6-9-15)16-12-10-14(2)11-13-16/h4-6,8-13,17H,3,7H2,1-2H3. The molecule has 0 amide bonds. The SMILES string of the molecule is CCCC(c1ccccc1)c1ccc(C)cc1. The van der Waals surface area contributed by atoms with Gasteiger partial charge in [0.05, 0.1) is 0 Å². The summed E-state index contributed by atoms with van der Waals surface area (Å²) in [6.45, 7) is 4.39. The van der Waals surface area contributed by atoms with Crippen LogP contribution in [0, 0.1) is 6.92 Å². The largest absolute Gasteiger partial charge is 0.0653 e. The molecule has 0 saturated carbocycles. The van der Waals surface area contributed by atoms with Crippen molar-refractivity contribution < 1.29 is 0 Å². The molecule has 0 fully saturated rings. The van der Waals surface area contributed by atoms with Gasteiger partial charge in [-0.05, 0) is 24.5 Å². The third-order valence-electron chi connectivity index (χ3n) is 3.26. The average Bonchev–Trinajstić information content (AvgIpc) is 2.38. The summed E-state index contributed by atoms with van der Waals surface area (Å²) >= 11 is 0. The highest BCUT2D eigenvalue weighted by Gasteiger charge is 2.12. The first-order valence-corrected chi connectivity index (χ1v) is 6.42. The van der Waals surface area contributed by atoms with Crippen molar-refractivity contribution in [1.29, 1.82) is 0 Å². The van der Waals surface area contributed by atoms with Crippen molar-refractivity contribution in [3.05, 3.63) is 71.3 Å². The summed E-state index contributed by atoms with van der Waals surface area (Å²) < 4.78 is 0. The molecule has 0 aliphatic carbocycles. The van der Waals surface area contributed by atoms with E-state index in [2.05, 4.69) is 68.4 Å². The molecule has 0 N–H and O–H groups in total. The second-order valence-corrected chi connectivity index (χ2v) is 4.66. The summed E-state index contributed by atoms with van der Waals surface area (Å²) in [5, 5.41) is 0. The molecule has 1 unspecified atom stereocenters. The molecule has 2 rings (SSSR count). The Morgan fingerprint density at radius 3 is 2.00 bits per heavy atom. The van der Waals surface area contributed by atoms with Gasteiger partial charge in [0.2, 0.25) is 0 Å². The van der Waals surface area contributed by atoms with Crippen LogP contribution in [0.4, 0.5) is 0 Å². The molecule has 0 aliphatic heterocycles. The van der Waals surface area contributed by atoms with E-state index in [9.17, 15) is 0 Å². The molecule has 0 spiro atoms. The average molecular weight is 224 g/mol. The molecule has 0 radical (unpaired) electrons. The van der Waals surface area contributed by atoms with Crippen molar-refractivity contribution in [3.63, 3.8) is 0 Å². The molecular formula is C17H20. The predicted molar refractivity (Wildman–Crippen MR) is 74.4 cm³/mol. The molecule has 0 heterocycles. The van der Waals surface area contributed by atoms with Gasteiger partial charge in [0, 0.05) is 5.92 Å². The van der Waals surface area contributed by atoms with Crippen LogP contribution in [0.3, 0.4) is 0 Å². The Hall–Kier alpha value is -1.56. The lowest BCUT2D eigenvalue weighted by atomic mass is 9.87. The zero-order valence-electron chi connectivity index (χ0n) is 10.7. The van der Waals surface area contributed by atoms with Crippen molar-refractivity contribution in [1.82, 2.24) is 0 Å². The van der Waals surface area contributed by atoms with Gasteiger partial charge in [0.1, 0.15) is 0 Å². The third kappa shape index (κ3) is 2.97. The summed E-state index contributed by atoms with van der Waals surface area (Å²) in [5.41, 5.74) is 4.19. The fourth-order valence-corrected chi connectivity index (χ4v) is 2.30. The first kappa shape index (κ1) is 11.9. The molecular weight excluding hydrogens is 204 g/mol. The van der Waals surface area contributed by atoms with Crippen molar-refractivity contribution in [2.75, 3.05) is 0 Å². The first-order chi connectivity index (χ1) is 8.31. The van der Waals surface area contributed by atoms with E-state index in [1.54, 1.807) is 0 Å². The Balaban J connectivity index is 2.32. The van der Waals surface area contributed by atoms with Crippen molar-refractivity contribution in [2.24, 2.45) is 0 Å². The second kappa shape index (κ2) is 5.67. The fraction of sp³-hybridized carbons (Fsp3) is 0.294. The lowest BCUT2D eigenvalue weighted by Crippen LogP contribution is -2.00. The molecule has 0 aliphatic rings. The van der Waals surface area contributed by atoms with Crippen LogP contribution in [0.5, 0.6) is 0 Å². The highest BCUT2D eigenvalue weighted by atomic mass is 14.2. The molecule has 0 heteroatoms. The summed E-state index contributed by atoms with van der Waals surface area (Å²) in [6.07, 6.45) is 2.43. The summed E-state index contributed by atoms with van der Waals surface area (Å²) in [7, 11) is 0. The first-order valence-electron chi connectivity index (χ1n) is 6.42. The number of hydrogen-bond acceptors (Lipinski definition) is 0. The highest BCUT2D eigenvalue weighted by Crippen LogP contribution is 2.29. The van der Waals surface area contributed by atoms with E-state index in [1.165, 1.54) is 29.5 Å². The molecule has 1 atom stereocenters. The molecule has 88 valence electrons. The van der Waals surface area contributed by atoms with Gasteiger partial charge in [-0.2, -0.15) is 0 Å². The van der Waals surface area contributed by atoms with Gasteiger partial charge in [-0.1, -0.05) is 73.5 Å². The van der Waals surface area contributed by atoms with Gasteiger partial charge in [-0.25, -0.2) is 0 Å². The van der Waals surface area contributed by atoms with Gasteiger partial charge in [-0.15, -0.1) is 0 Å². The van der Waals surface area contributed by atoms with Crippen LogP contribution in [-0.4, -0.2) is 0 Å². The molecule has 0 saturated heterocycles. The van der Waals surface area contributed by atoms with Gasteiger partial charge in [-0.3, -0.25) is 0 Å². The van der Waals surface area contributed by atoms with Crippen LogP contribution < -0.4 is 0 Å². The number of benzene rings is 2. The van der Waals surface area contributed by atoms with Crippen LogP contribution in [0.2, 0.25) is 0 Å². The smallest absolute Gasteiger partial charge is 0.00892 e. The zero-order valence-corrected chi connectivity index (χ0v) is 10.7. The van der Waals surface area contributed by atoms with Crippen molar-refractivity contribution in [2.45, 2.75) is 32.6 Å². The van der Waals surface area contributed by atoms with Crippen molar-refractivity contribution in [3.8, 4) is 0 Å². The maximum Gasteiger partial charge on any atom is 0.00892 e. The van der Waals surface area contributed by atoms with Gasteiger partial charge >= 0.3 is 0 Å². The van der Waals surface area contributed by atoms with Crippen LogP contribution in [0.15, 0.2) is 54.6 Å². The Morgan fingerprint density at radius 2 is 1.41 bits per heavy atom. The predicted octanol–water partition coefficient (Wildman–Crippen LogP) is 4.93. The van der Waals surface area contributed by atoms with E-state index >= 15 is 0 Å². The highest BCUT2D eigenvalue weighted by molar-refractivity contribution is 5.33. The molecule has 0 aromatic heterocycles. The summed E-state index contributed by atoms with van der Waals surface area (Å²) in [4.78, 5) is 0. The number of hydrogen-bond donors (Lipinski definition) is 0. The Kier molecular flexibility index (Phi) is 3.98. The van der Waals surface area contributed by atoms with E-state index in [1.807, 2.05) is 0 Å². The number of aryl methyl sites for hydroxylation is 1. The summed E-state index contributed by atoms with van der Waals surface area (Å²) in [6, 6.07) is 19.8. The Labute approximate surface area is 104 Å². The van der Waals surface area contributed by atoms with Crippen LogP contribution >= 0.6 is 0 Å². The Bertz CT molecular complexity index is 439. The van der Waals surface area contributed by atoms with Crippen molar-refractivity contribution >= 4 is 0 Å². The summed E-state index contributed by atoms with van der Waals surface area (Å²) in [5.74, 6) is 0.543. The maximum absolute atomic E-state index is 2.27. The van der Waals surface area contributed by atoms with Gasteiger partial charge in [0.25, 0.3) is 0 Å². The van der Waals surface area contributed by atoms with Crippen LogP contribution in [0.1, 0.15) is 42.4 Å². The minimum atomic E-state index is 0.543. The lowest BCUT2D eigenvalue weighted by Gasteiger charge is -2.17. The van der Waals surface area contributed by atoms with E-state index in [4.69, 9.17) is 0 Å². The van der Waals surface area contributed by atoms with Gasteiger partial charge in [0.15, 0.2) is 0 Å². The van der Waals surface area contributed by atoms with E-state index in [0.717, 1.165) is 0 Å². The van der Waals surface area contributed by atoms with Crippen LogP contribution in [0.25, 0.3) is 0 Å². The monoisotopic (exact) mass is 224 g/mol. The van der Waals surface area contributed by atoms with E-state index in [0.29, 0.717) is 5.92 Å². The third-order valence-corrected chi connectivity index (χ3v) is 3.26. The van der Waals surface area contributed by atoms with E-state index in [-0.39, 0.29) is 0 Å². The molecule has 2 aromatic carbocycles. The number of rotatable bonds is 4. The lowest BCUT2D eigenvalue weighted by molar-refractivity contribution is 0.698. The zero-order chi connectivity index (χ0) is 12.1.